The average molecular weight is 318 g/mol. The van der Waals surface area contributed by atoms with Gasteiger partial charge in [-0.1, -0.05) is 24.3 Å². The highest BCUT2D eigenvalue weighted by Crippen LogP contribution is 2.17. The normalized spacial score (nSPS) is 18.4. The molecule has 0 spiro atoms. The first kappa shape index (κ1) is 17.5. The quantitative estimate of drug-likeness (QED) is 0.814. The van der Waals surface area contributed by atoms with E-state index in [2.05, 4.69) is 5.32 Å². The van der Waals surface area contributed by atoms with Gasteiger partial charge in [-0.3, -0.25) is 14.5 Å². The molecule has 23 heavy (non-hydrogen) atoms. The van der Waals surface area contributed by atoms with Crippen molar-refractivity contribution in [3.8, 4) is 0 Å². The Hall–Kier alpha value is -1.88. The number of benzene rings is 1. The maximum Gasteiger partial charge on any atom is 0.310 e. The van der Waals surface area contributed by atoms with E-state index in [-0.39, 0.29) is 17.8 Å². The number of carbonyl (C=O) groups is 2. The third-order valence-corrected chi connectivity index (χ3v) is 4.23. The van der Waals surface area contributed by atoms with Crippen molar-refractivity contribution in [2.75, 3.05) is 26.2 Å². The van der Waals surface area contributed by atoms with Gasteiger partial charge in [-0.25, -0.2) is 0 Å². The Bertz CT molecular complexity index is 545. The Morgan fingerprint density at radius 3 is 2.87 bits per heavy atom. The third-order valence-electron chi connectivity index (χ3n) is 4.23. The molecule has 1 fully saturated rings. The topological polar surface area (TPSA) is 58.6 Å². The summed E-state index contributed by atoms with van der Waals surface area (Å²) in [4.78, 5) is 26.0. The molecule has 1 N–H and O–H groups in total. The van der Waals surface area contributed by atoms with Gasteiger partial charge in [-0.05, 0) is 44.4 Å². The van der Waals surface area contributed by atoms with Gasteiger partial charge >= 0.3 is 5.97 Å². The van der Waals surface area contributed by atoms with Gasteiger partial charge in [0.15, 0.2) is 0 Å². The largest absolute Gasteiger partial charge is 0.466 e. The molecular weight excluding hydrogens is 292 g/mol. The Morgan fingerprint density at radius 1 is 1.35 bits per heavy atom. The number of nitrogens with one attached hydrogen (secondary N) is 1. The van der Waals surface area contributed by atoms with Crippen molar-refractivity contribution in [3.63, 3.8) is 0 Å². The summed E-state index contributed by atoms with van der Waals surface area (Å²) in [5.74, 6) is -0.247. The number of nitrogens with zero attached hydrogens (tertiary/aromatic N) is 1. The molecular formula is C18H26N2O3. The first-order chi connectivity index (χ1) is 11.1. The summed E-state index contributed by atoms with van der Waals surface area (Å²) in [6.07, 6.45) is 1.77. The van der Waals surface area contributed by atoms with E-state index in [1.807, 2.05) is 43.0 Å². The SMILES string of the molecule is CCOC(=O)[C@H]1CCCN(CC(=O)NCc2ccccc2C)C1. The van der Waals surface area contributed by atoms with Crippen LogP contribution in [-0.2, 0) is 20.9 Å². The summed E-state index contributed by atoms with van der Waals surface area (Å²) in [6, 6.07) is 8.02. The van der Waals surface area contributed by atoms with Crippen molar-refractivity contribution in [1.82, 2.24) is 10.2 Å². The number of ether oxygens (including phenoxy) is 1. The maximum absolute atomic E-state index is 12.1. The maximum atomic E-state index is 12.1. The number of rotatable bonds is 6. The van der Waals surface area contributed by atoms with Crippen LogP contribution in [0.1, 0.15) is 30.9 Å². The fourth-order valence-electron chi connectivity index (χ4n) is 2.91. The van der Waals surface area contributed by atoms with Crippen LogP contribution in [0.5, 0.6) is 0 Å². The van der Waals surface area contributed by atoms with Crippen LogP contribution in [0.4, 0.5) is 0 Å². The highest BCUT2D eigenvalue weighted by Gasteiger charge is 2.27. The van der Waals surface area contributed by atoms with E-state index in [0.717, 1.165) is 24.9 Å². The Balaban J connectivity index is 1.78. The number of esters is 1. The molecule has 0 saturated carbocycles. The first-order valence-electron chi connectivity index (χ1n) is 8.30. The molecule has 1 aliphatic rings. The van der Waals surface area contributed by atoms with Crippen LogP contribution in [-0.4, -0.2) is 43.0 Å². The molecule has 0 aliphatic carbocycles. The smallest absolute Gasteiger partial charge is 0.310 e. The molecule has 1 saturated heterocycles. The summed E-state index contributed by atoms with van der Waals surface area (Å²) in [5, 5.41) is 2.96. The number of amides is 1. The molecule has 5 nitrogen and oxygen atoms in total. The second-order valence-corrected chi connectivity index (χ2v) is 6.03. The lowest BCUT2D eigenvalue weighted by molar-refractivity contribution is -0.150. The van der Waals surface area contributed by atoms with E-state index in [4.69, 9.17) is 4.74 Å². The van der Waals surface area contributed by atoms with E-state index in [9.17, 15) is 9.59 Å². The van der Waals surface area contributed by atoms with E-state index in [1.54, 1.807) is 0 Å². The zero-order valence-electron chi connectivity index (χ0n) is 14.0. The highest BCUT2D eigenvalue weighted by atomic mass is 16.5. The summed E-state index contributed by atoms with van der Waals surface area (Å²) in [7, 11) is 0. The summed E-state index contributed by atoms with van der Waals surface area (Å²) in [6.45, 7) is 6.60. The average Bonchev–Trinajstić information content (AvgIpc) is 2.54. The first-order valence-corrected chi connectivity index (χ1v) is 8.30. The fraction of sp³-hybridized carbons (Fsp3) is 0.556. The minimum atomic E-state index is -0.141. The van der Waals surface area contributed by atoms with Crippen molar-refractivity contribution in [1.29, 1.82) is 0 Å². The van der Waals surface area contributed by atoms with Gasteiger partial charge in [0.1, 0.15) is 0 Å². The molecule has 0 radical (unpaired) electrons. The Kier molecular flexibility index (Phi) is 6.59. The lowest BCUT2D eigenvalue weighted by atomic mass is 9.98. The highest BCUT2D eigenvalue weighted by molar-refractivity contribution is 5.78. The third kappa shape index (κ3) is 5.36. The van der Waals surface area contributed by atoms with Crippen LogP contribution in [0.25, 0.3) is 0 Å². The van der Waals surface area contributed by atoms with E-state index < -0.39 is 0 Å². The lowest BCUT2D eigenvalue weighted by Crippen LogP contribution is -2.44. The zero-order chi connectivity index (χ0) is 16.7. The monoisotopic (exact) mass is 318 g/mol. The van der Waals surface area contributed by atoms with Crippen LogP contribution in [0.3, 0.4) is 0 Å². The van der Waals surface area contributed by atoms with Gasteiger partial charge < -0.3 is 10.1 Å². The molecule has 1 aromatic rings. The second kappa shape index (κ2) is 8.67. The molecule has 1 heterocycles. The summed E-state index contributed by atoms with van der Waals surface area (Å²) >= 11 is 0. The summed E-state index contributed by atoms with van der Waals surface area (Å²) in [5.41, 5.74) is 2.30. The van der Waals surface area contributed by atoms with Crippen molar-refractivity contribution in [2.24, 2.45) is 5.92 Å². The van der Waals surface area contributed by atoms with E-state index in [0.29, 0.717) is 26.2 Å². The molecule has 1 aromatic carbocycles. The number of hydrogen-bond acceptors (Lipinski definition) is 4. The van der Waals surface area contributed by atoms with Gasteiger partial charge in [0.05, 0.1) is 19.1 Å². The van der Waals surface area contributed by atoms with Gasteiger partial charge in [-0.2, -0.15) is 0 Å². The second-order valence-electron chi connectivity index (χ2n) is 6.03. The summed E-state index contributed by atoms with van der Waals surface area (Å²) < 4.78 is 5.09. The predicted octanol–water partition coefficient (Wildman–Crippen LogP) is 1.89. The minimum Gasteiger partial charge on any atom is -0.466 e. The Morgan fingerprint density at radius 2 is 2.13 bits per heavy atom. The molecule has 0 bridgehead atoms. The molecule has 1 amide bonds. The molecule has 0 aromatic heterocycles. The Labute approximate surface area is 138 Å². The number of aryl methyl sites for hydroxylation is 1. The molecule has 126 valence electrons. The van der Waals surface area contributed by atoms with Crippen LogP contribution >= 0.6 is 0 Å². The number of piperidine rings is 1. The van der Waals surface area contributed by atoms with Gasteiger partial charge in [-0.15, -0.1) is 0 Å². The number of carbonyl (C=O) groups excluding carboxylic acids is 2. The number of hydrogen-bond donors (Lipinski definition) is 1. The fourth-order valence-corrected chi connectivity index (χ4v) is 2.91. The minimum absolute atomic E-state index is 0.00207. The zero-order valence-corrected chi connectivity index (χ0v) is 14.0. The van der Waals surface area contributed by atoms with Crippen LogP contribution < -0.4 is 5.32 Å². The number of likely N-dealkylation sites (tertiary alicyclic amines) is 1. The van der Waals surface area contributed by atoms with E-state index in [1.165, 1.54) is 5.56 Å². The van der Waals surface area contributed by atoms with Crippen molar-refractivity contribution < 1.29 is 14.3 Å². The lowest BCUT2D eigenvalue weighted by Gasteiger charge is -2.30. The predicted molar refractivity (Wildman–Crippen MR) is 88.8 cm³/mol. The van der Waals surface area contributed by atoms with Crippen LogP contribution in [0, 0.1) is 12.8 Å². The van der Waals surface area contributed by atoms with Gasteiger partial charge in [0, 0.05) is 13.1 Å². The van der Waals surface area contributed by atoms with Crippen molar-refractivity contribution >= 4 is 11.9 Å². The standard InChI is InChI=1S/C18H26N2O3/c1-3-23-18(22)16-9-6-10-20(12-16)13-17(21)19-11-15-8-5-4-7-14(15)2/h4-5,7-8,16H,3,6,9-13H2,1-2H3,(H,19,21)/t16-/m0/s1. The van der Waals surface area contributed by atoms with E-state index >= 15 is 0 Å². The van der Waals surface area contributed by atoms with Crippen LogP contribution in [0.15, 0.2) is 24.3 Å². The van der Waals surface area contributed by atoms with Crippen LogP contribution in [0.2, 0.25) is 0 Å². The van der Waals surface area contributed by atoms with Crippen molar-refractivity contribution in [2.45, 2.75) is 33.2 Å². The molecule has 0 unspecified atom stereocenters. The van der Waals surface area contributed by atoms with Crippen molar-refractivity contribution in [3.05, 3.63) is 35.4 Å². The molecule has 1 atom stereocenters. The van der Waals surface area contributed by atoms with Gasteiger partial charge in [0.2, 0.25) is 5.91 Å². The van der Waals surface area contributed by atoms with Gasteiger partial charge in [0.25, 0.3) is 0 Å². The molecule has 5 heteroatoms. The molecule has 2 rings (SSSR count). The molecule has 1 aliphatic heterocycles.